The zero-order valence-corrected chi connectivity index (χ0v) is 26.3. The largest absolute Gasteiger partial charge is 0.528 e. The SMILES string of the molecule is CCCc1nc(C)n(-c2ccc(OC3C[C@@H](C)O[C@@H](C)C3)cc2)c(=O)c1Cc1ccc(-c2ccccc2-c2noc([O-])n2)cc1F. The van der Waals surface area contributed by atoms with Crippen LogP contribution in [0.2, 0.25) is 0 Å². The van der Waals surface area contributed by atoms with Crippen LogP contribution in [0.4, 0.5) is 4.39 Å². The van der Waals surface area contributed by atoms with Crippen LogP contribution in [0.25, 0.3) is 28.2 Å². The summed E-state index contributed by atoms with van der Waals surface area (Å²) in [5.41, 5.74) is 3.71. The molecule has 0 bridgehead atoms. The van der Waals surface area contributed by atoms with Gasteiger partial charge in [-0.1, -0.05) is 49.7 Å². The topological polar surface area (TPSA) is 115 Å². The Bertz CT molecular complexity index is 1890. The van der Waals surface area contributed by atoms with E-state index in [-0.39, 0.29) is 36.1 Å². The molecular formula is C36H36FN4O5-. The Morgan fingerprint density at radius 3 is 2.37 bits per heavy atom. The molecule has 0 aliphatic carbocycles. The molecule has 46 heavy (non-hydrogen) atoms. The molecule has 10 heteroatoms. The maximum Gasteiger partial charge on any atom is 0.261 e. The van der Waals surface area contributed by atoms with Crippen LogP contribution in [0.1, 0.15) is 62.7 Å². The second-order valence-corrected chi connectivity index (χ2v) is 11.8. The molecule has 0 saturated carbocycles. The van der Waals surface area contributed by atoms with Crippen molar-refractivity contribution in [3.63, 3.8) is 0 Å². The van der Waals surface area contributed by atoms with Gasteiger partial charge in [-0.15, -0.1) is 0 Å². The molecule has 1 saturated heterocycles. The molecule has 1 aliphatic heterocycles. The number of benzene rings is 3. The van der Waals surface area contributed by atoms with Gasteiger partial charge in [0.05, 0.1) is 23.6 Å². The van der Waals surface area contributed by atoms with Gasteiger partial charge in [0.15, 0.2) is 11.9 Å². The Kier molecular flexibility index (Phi) is 8.99. The normalized spacial score (nSPS) is 18.1. The van der Waals surface area contributed by atoms with Crippen LogP contribution in [0.15, 0.2) is 76.0 Å². The van der Waals surface area contributed by atoms with E-state index in [1.54, 1.807) is 34.9 Å². The molecule has 9 nitrogen and oxygen atoms in total. The smallest absolute Gasteiger partial charge is 0.261 e. The molecule has 0 amide bonds. The number of hydrogen-bond donors (Lipinski definition) is 0. The summed E-state index contributed by atoms with van der Waals surface area (Å²) in [6.07, 6.45) is 2.66. The number of rotatable bonds is 9. The highest BCUT2D eigenvalue weighted by Gasteiger charge is 2.26. The molecular weight excluding hydrogens is 587 g/mol. The lowest BCUT2D eigenvalue weighted by Gasteiger charge is -2.32. The Morgan fingerprint density at radius 1 is 1.00 bits per heavy atom. The van der Waals surface area contributed by atoms with Crippen molar-refractivity contribution in [2.75, 3.05) is 0 Å². The fourth-order valence-electron chi connectivity index (χ4n) is 6.25. The van der Waals surface area contributed by atoms with Gasteiger partial charge in [-0.3, -0.25) is 9.36 Å². The first-order valence-corrected chi connectivity index (χ1v) is 15.6. The van der Waals surface area contributed by atoms with E-state index in [1.807, 2.05) is 44.2 Å². The third kappa shape index (κ3) is 6.57. The summed E-state index contributed by atoms with van der Waals surface area (Å²) in [4.78, 5) is 22.7. The molecule has 0 radical (unpaired) electrons. The first-order chi connectivity index (χ1) is 22.2. The van der Waals surface area contributed by atoms with Crippen molar-refractivity contribution in [1.82, 2.24) is 19.7 Å². The van der Waals surface area contributed by atoms with Gasteiger partial charge < -0.3 is 19.1 Å². The van der Waals surface area contributed by atoms with Crippen molar-refractivity contribution in [2.45, 2.75) is 78.1 Å². The van der Waals surface area contributed by atoms with Crippen LogP contribution in [-0.4, -0.2) is 38.0 Å². The molecule has 2 aromatic heterocycles. The molecule has 0 spiro atoms. The Balaban J connectivity index is 1.30. The predicted molar refractivity (Wildman–Crippen MR) is 170 cm³/mol. The minimum atomic E-state index is -0.796. The van der Waals surface area contributed by atoms with Crippen LogP contribution in [0, 0.1) is 12.7 Å². The zero-order chi connectivity index (χ0) is 32.4. The lowest BCUT2D eigenvalue weighted by molar-refractivity contribution is -0.303. The van der Waals surface area contributed by atoms with Gasteiger partial charge in [0.25, 0.3) is 5.56 Å². The van der Waals surface area contributed by atoms with E-state index in [9.17, 15) is 9.90 Å². The average molecular weight is 624 g/mol. The van der Waals surface area contributed by atoms with Gasteiger partial charge >= 0.3 is 0 Å². The van der Waals surface area contributed by atoms with E-state index in [1.165, 1.54) is 6.07 Å². The fourth-order valence-corrected chi connectivity index (χ4v) is 6.25. The molecule has 0 N–H and O–H groups in total. The highest BCUT2D eigenvalue weighted by molar-refractivity contribution is 5.80. The minimum Gasteiger partial charge on any atom is -0.528 e. The third-order valence-electron chi connectivity index (χ3n) is 8.28. The predicted octanol–water partition coefficient (Wildman–Crippen LogP) is 6.35. The van der Waals surface area contributed by atoms with Crippen molar-refractivity contribution in [2.24, 2.45) is 0 Å². The lowest BCUT2D eigenvalue weighted by Crippen LogP contribution is -2.35. The van der Waals surface area contributed by atoms with Gasteiger partial charge in [-0.25, -0.2) is 14.4 Å². The van der Waals surface area contributed by atoms with E-state index in [0.29, 0.717) is 51.4 Å². The van der Waals surface area contributed by atoms with Crippen LogP contribution >= 0.6 is 0 Å². The molecule has 1 fully saturated rings. The molecule has 1 aliphatic rings. The van der Waals surface area contributed by atoms with Gasteiger partial charge in [-0.2, -0.15) is 5.16 Å². The summed E-state index contributed by atoms with van der Waals surface area (Å²) in [7, 11) is 0. The zero-order valence-electron chi connectivity index (χ0n) is 26.3. The molecule has 1 unspecified atom stereocenters. The first kappa shape index (κ1) is 31.2. The number of ether oxygens (including phenoxy) is 2. The van der Waals surface area contributed by atoms with Crippen LogP contribution < -0.4 is 15.4 Å². The summed E-state index contributed by atoms with van der Waals surface area (Å²) in [5, 5.41) is 15.2. The molecule has 3 aromatic carbocycles. The highest BCUT2D eigenvalue weighted by atomic mass is 19.1. The Morgan fingerprint density at radius 2 is 1.72 bits per heavy atom. The molecule has 5 aromatic rings. The second kappa shape index (κ2) is 13.3. The van der Waals surface area contributed by atoms with Crippen LogP contribution in [0.3, 0.4) is 0 Å². The van der Waals surface area contributed by atoms with E-state index >= 15 is 4.39 Å². The second-order valence-electron chi connectivity index (χ2n) is 11.8. The maximum atomic E-state index is 15.7. The van der Waals surface area contributed by atoms with Crippen LogP contribution in [0.5, 0.6) is 11.8 Å². The van der Waals surface area contributed by atoms with Crippen molar-refractivity contribution < 1.29 is 23.5 Å². The summed E-state index contributed by atoms with van der Waals surface area (Å²) >= 11 is 0. The van der Waals surface area contributed by atoms with Crippen LogP contribution in [-0.2, 0) is 17.6 Å². The number of aromatic nitrogens is 4. The monoisotopic (exact) mass is 623 g/mol. The van der Waals surface area contributed by atoms with Crippen molar-refractivity contribution in [3.05, 3.63) is 106 Å². The summed E-state index contributed by atoms with van der Waals surface area (Å²) < 4.78 is 34.0. The lowest BCUT2D eigenvalue weighted by atomic mass is 9.95. The van der Waals surface area contributed by atoms with Crippen molar-refractivity contribution in [3.8, 4) is 40.0 Å². The van der Waals surface area contributed by atoms with Gasteiger partial charge in [0.2, 0.25) is 0 Å². The van der Waals surface area contributed by atoms with E-state index in [0.717, 1.165) is 25.0 Å². The minimum absolute atomic E-state index is 0.0649. The number of halogens is 1. The molecule has 3 heterocycles. The number of hydrogen-bond acceptors (Lipinski definition) is 8. The van der Waals surface area contributed by atoms with Crippen molar-refractivity contribution >= 4 is 0 Å². The van der Waals surface area contributed by atoms with E-state index in [2.05, 4.69) is 28.5 Å². The third-order valence-corrected chi connectivity index (χ3v) is 8.28. The average Bonchev–Trinajstić information content (AvgIpc) is 3.46. The maximum absolute atomic E-state index is 15.7. The fraction of sp³-hybridized carbons (Fsp3) is 0.333. The number of aryl methyl sites for hydroxylation is 2. The van der Waals surface area contributed by atoms with Gasteiger partial charge in [-0.05, 0) is 74.2 Å². The van der Waals surface area contributed by atoms with E-state index < -0.39 is 11.9 Å². The standard InChI is InChI=1S/C36H37FN4O5/c1-5-8-33-31(19-25-12-11-24(20-32(25)37)29-9-6-7-10-30(29)34-39-36(43)46-40-34)35(42)41(23(4)38-33)26-13-15-27(16-14-26)45-28-17-21(2)44-22(3)18-28/h6-7,9-16,20-22,28H,5,8,17-19H2,1-4H3,(H,39,40,43)/p-1/t21-,22+,28?. The highest BCUT2D eigenvalue weighted by Crippen LogP contribution is 2.32. The Hall–Kier alpha value is -4.83. The molecule has 3 atom stereocenters. The Labute approximate surface area is 266 Å². The van der Waals surface area contributed by atoms with E-state index in [4.69, 9.17) is 14.5 Å². The summed E-state index contributed by atoms with van der Waals surface area (Å²) in [6, 6.07) is 19.5. The van der Waals surface area contributed by atoms with Crippen molar-refractivity contribution in [1.29, 1.82) is 0 Å². The summed E-state index contributed by atoms with van der Waals surface area (Å²) in [6.45, 7) is 7.95. The first-order valence-electron chi connectivity index (χ1n) is 15.6. The molecule has 6 rings (SSSR count). The molecule has 238 valence electrons. The summed E-state index contributed by atoms with van der Waals surface area (Å²) in [5.74, 6) is 0.964. The van der Waals surface area contributed by atoms with Gasteiger partial charge in [0, 0.05) is 30.4 Å². The quantitative estimate of drug-likeness (QED) is 0.187. The number of nitrogens with zero attached hydrogens (tertiary/aromatic N) is 4. The van der Waals surface area contributed by atoms with Gasteiger partial charge in [0.1, 0.15) is 23.5 Å².